The van der Waals surface area contributed by atoms with Crippen LogP contribution in [0.15, 0.2) is 47.3 Å². The van der Waals surface area contributed by atoms with E-state index in [0.29, 0.717) is 16.7 Å². The Morgan fingerprint density at radius 2 is 1.81 bits per heavy atom. The molecule has 1 heterocycles. The molecule has 0 bridgehead atoms. The zero-order valence-electron chi connectivity index (χ0n) is 16.1. The number of hydrogen-bond acceptors (Lipinski definition) is 3. The molecule has 27 heavy (non-hydrogen) atoms. The molecule has 0 radical (unpaired) electrons. The van der Waals surface area contributed by atoms with Crippen molar-refractivity contribution in [1.29, 1.82) is 0 Å². The second kappa shape index (κ2) is 6.99. The molecule has 140 valence electrons. The summed E-state index contributed by atoms with van der Waals surface area (Å²) in [5.41, 5.74) is 4.33. The minimum absolute atomic E-state index is 0.114. The van der Waals surface area contributed by atoms with Crippen LogP contribution >= 0.6 is 0 Å². The van der Waals surface area contributed by atoms with Gasteiger partial charge in [-0.15, -0.1) is 0 Å². The van der Waals surface area contributed by atoms with Gasteiger partial charge in [0.15, 0.2) is 0 Å². The molecular weight excluding hydrogens is 340 g/mol. The molecular formula is C22H24N2O3. The Balaban J connectivity index is 2.26. The van der Waals surface area contributed by atoms with Crippen LogP contribution < -0.4 is 5.56 Å². The Morgan fingerprint density at radius 1 is 1.11 bits per heavy atom. The molecule has 5 heteroatoms. The third-order valence-electron chi connectivity index (χ3n) is 4.56. The van der Waals surface area contributed by atoms with Gasteiger partial charge in [-0.25, -0.2) is 4.98 Å². The summed E-state index contributed by atoms with van der Waals surface area (Å²) in [6.07, 6.45) is -0.114. The summed E-state index contributed by atoms with van der Waals surface area (Å²) >= 11 is 0. The summed E-state index contributed by atoms with van der Waals surface area (Å²) in [5, 5.41) is 9.10. The SMILES string of the molecule is Cc1cccc(-c2ccc3nc(C(C)(C)C)c(=O)n(CCC(=O)O)c3c2)c1. The van der Waals surface area contributed by atoms with E-state index in [1.165, 1.54) is 0 Å². The average Bonchev–Trinajstić information content (AvgIpc) is 2.59. The van der Waals surface area contributed by atoms with Crippen molar-refractivity contribution in [2.75, 3.05) is 0 Å². The highest BCUT2D eigenvalue weighted by molar-refractivity contribution is 5.82. The Morgan fingerprint density at radius 3 is 2.44 bits per heavy atom. The van der Waals surface area contributed by atoms with Gasteiger partial charge in [0.25, 0.3) is 5.56 Å². The normalized spacial score (nSPS) is 11.7. The fourth-order valence-corrected chi connectivity index (χ4v) is 3.16. The molecule has 0 aliphatic carbocycles. The molecule has 0 saturated heterocycles. The molecule has 0 saturated carbocycles. The maximum atomic E-state index is 13.1. The predicted octanol–water partition coefficient (Wildman–Crippen LogP) is 4.14. The second-order valence-electron chi connectivity index (χ2n) is 7.88. The fourth-order valence-electron chi connectivity index (χ4n) is 3.16. The number of carbonyl (C=O) groups is 1. The number of fused-ring (bicyclic) bond motifs is 1. The molecule has 0 fully saturated rings. The van der Waals surface area contributed by atoms with Gasteiger partial charge >= 0.3 is 5.97 Å². The van der Waals surface area contributed by atoms with Gasteiger partial charge in [0.1, 0.15) is 5.69 Å². The van der Waals surface area contributed by atoms with Crippen molar-refractivity contribution in [1.82, 2.24) is 9.55 Å². The first kappa shape index (κ1) is 18.8. The summed E-state index contributed by atoms with van der Waals surface area (Å²) < 4.78 is 1.55. The van der Waals surface area contributed by atoms with Crippen molar-refractivity contribution in [3.63, 3.8) is 0 Å². The van der Waals surface area contributed by atoms with Gasteiger partial charge in [-0.2, -0.15) is 0 Å². The topological polar surface area (TPSA) is 72.2 Å². The van der Waals surface area contributed by atoms with Crippen molar-refractivity contribution in [2.45, 2.75) is 46.1 Å². The zero-order valence-corrected chi connectivity index (χ0v) is 16.1. The number of carboxylic acid groups (broad SMARTS) is 1. The molecule has 0 aliphatic heterocycles. The standard InChI is InChI=1S/C22H24N2O3/c1-14-6-5-7-15(12-14)16-8-9-17-18(13-16)24(11-10-19(25)26)21(27)20(23-17)22(2,3)4/h5-9,12-13H,10-11H2,1-4H3,(H,25,26). The fraction of sp³-hybridized carbons (Fsp3) is 0.318. The number of carboxylic acids is 1. The van der Waals surface area contributed by atoms with Gasteiger partial charge in [-0.05, 0) is 30.2 Å². The largest absolute Gasteiger partial charge is 0.481 e. The molecule has 0 unspecified atom stereocenters. The van der Waals surface area contributed by atoms with Gasteiger partial charge < -0.3 is 9.67 Å². The Bertz CT molecular complexity index is 1080. The highest BCUT2D eigenvalue weighted by Gasteiger charge is 2.23. The number of rotatable bonds is 4. The lowest BCUT2D eigenvalue weighted by molar-refractivity contribution is -0.137. The number of aryl methyl sites for hydroxylation is 2. The molecule has 1 N–H and O–H groups in total. The smallest absolute Gasteiger partial charge is 0.305 e. The van der Waals surface area contributed by atoms with E-state index in [1.54, 1.807) is 4.57 Å². The predicted molar refractivity (Wildman–Crippen MR) is 107 cm³/mol. The molecule has 0 aliphatic rings. The van der Waals surface area contributed by atoms with Crippen molar-refractivity contribution in [3.8, 4) is 11.1 Å². The van der Waals surface area contributed by atoms with Crippen LogP contribution in [0.2, 0.25) is 0 Å². The summed E-state index contributed by atoms with van der Waals surface area (Å²) in [7, 11) is 0. The van der Waals surface area contributed by atoms with E-state index in [2.05, 4.69) is 11.1 Å². The highest BCUT2D eigenvalue weighted by Crippen LogP contribution is 2.26. The van der Waals surface area contributed by atoms with Gasteiger partial charge in [-0.1, -0.05) is 56.7 Å². The molecule has 1 aromatic heterocycles. The van der Waals surface area contributed by atoms with Crippen LogP contribution in [-0.2, 0) is 16.8 Å². The van der Waals surface area contributed by atoms with E-state index in [4.69, 9.17) is 5.11 Å². The van der Waals surface area contributed by atoms with E-state index in [1.807, 2.05) is 64.1 Å². The lowest BCUT2D eigenvalue weighted by atomic mass is 9.92. The van der Waals surface area contributed by atoms with E-state index in [0.717, 1.165) is 16.7 Å². The minimum atomic E-state index is -0.931. The quantitative estimate of drug-likeness (QED) is 0.755. The van der Waals surface area contributed by atoms with Crippen LogP contribution in [0.1, 0.15) is 38.4 Å². The van der Waals surface area contributed by atoms with Gasteiger partial charge in [-0.3, -0.25) is 9.59 Å². The first-order valence-electron chi connectivity index (χ1n) is 9.01. The zero-order chi connectivity index (χ0) is 19.8. The molecule has 0 spiro atoms. The Labute approximate surface area is 158 Å². The van der Waals surface area contributed by atoms with Crippen LogP contribution in [0.3, 0.4) is 0 Å². The van der Waals surface area contributed by atoms with Crippen molar-refractivity contribution < 1.29 is 9.90 Å². The van der Waals surface area contributed by atoms with Gasteiger partial charge in [0.05, 0.1) is 17.5 Å². The van der Waals surface area contributed by atoms with Crippen molar-refractivity contribution in [2.24, 2.45) is 0 Å². The maximum absolute atomic E-state index is 13.1. The summed E-state index contributed by atoms with van der Waals surface area (Å²) in [6.45, 7) is 7.96. The van der Waals surface area contributed by atoms with Crippen LogP contribution in [0.25, 0.3) is 22.2 Å². The van der Waals surface area contributed by atoms with Crippen molar-refractivity contribution >= 4 is 17.0 Å². The van der Waals surface area contributed by atoms with E-state index >= 15 is 0 Å². The molecule has 0 atom stereocenters. The summed E-state index contributed by atoms with van der Waals surface area (Å²) in [5.74, 6) is -0.931. The summed E-state index contributed by atoms with van der Waals surface area (Å²) in [4.78, 5) is 28.8. The molecule has 0 amide bonds. The van der Waals surface area contributed by atoms with E-state index in [9.17, 15) is 9.59 Å². The number of aliphatic carboxylic acids is 1. The molecule has 2 aromatic carbocycles. The van der Waals surface area contributed by atoms with Gasteiger partial charge in [0, 0.05) is 12.0 Å². The highest BCUT2D eigenvalue weighted by atomic mass is 16.4. The van der Waals surface area contributed by atoms with Crippen LogP contribution in [0, 0.1) is 6.92 Å². The Hall–Kier alpha value is -2.95. The first-order valence-corrected chi connectivity index (χ1v) is 9.01. The van der Waals surface area contributed by atoms with Crippen LogP contribution in [0.5, 0.6) is 0 Å². The second-order valence-corrected chi connectivity index (χ2v) is 7.88. The lowest BCUT2D eigenvalue weighted by Crippen LogP contribution is -2.33. The van der Waals surface area contributed by atoms with E-state index in [-0.39, 0.29) is 18.5 Å². The van der Waals surface area contributed by atoms with Gasteiger partial charge in [0.2, 0.25) is 0 Å². The molecule has 5 nitrogen and oxygen atoms in total. The number of hydrogen-bond donors (Lipinski definition) is 1. The van der Waals surface area contributed by atoms with Crippen LogP contribution in [-0.4, -0.2) is 20.6 Å². The number of nitrogens with zero attached hydrogens (tertiary/aromatic N) is 2. The third-order valence-corrected chi connectivity index (χ3v) is 4.56. The van der Waals surface area contributed by atoms with E-state index < -0.39 is 11.4 Å². The average molecular weight is 364 g/mol. The Kier molecular flexibility index (Phi) is 4.87. The summed E-state index contributed by atoms with van der Waals surface area (Å²) in [6, 6.07) is 13.9. The lowest BCUT2D eigenvalue weighted by Gasteiger charge is -2.20. The minimum Gasteiger partial charge on any atom is -0.481 e. The molecule has 3 rings (SSSR count). The first-order chi connectivity index (χ1) is 12.7. The third kappa shape index (κ3) is 3.92. The van der Waals surface area contributed by atoms with Crippen LogP contribution in [0.4, 0.5) is 0 Å². The maximum Gasteiger partial charge on any atom is 0.305 e. The monoisotopic (exact) mass is 364 g/mol. The van der Waals surface area contributed by atoms with Crippen molar-refractivity contribution in [3.05, 3.63) is 64.1 Å². The molecule has 3 aromatic rings. The number of benzene rings is 2. The number of aromatic nitrogens is 2.